The molecule has 0 N–H and O–H groups in total. The van der Waals surface area contributed by atoms with E-state index in [1.807, 2.05) is 36.6 Å². The summed E-state index contributed by atoms with van der Waals surface area (Å²) < 4.78 is 1.57. The Kier molecular flexibility index (Phi) is 4.29. The fourth-order valence-electron chi connectivity index (χ4n) is 3.09. The van der Waals surface area contributed by atoms with Crippen molar-refractivity contribution in [1.29, 1.82) is 0 Å². The summed E-state index contributed by atoms with van der Waals surface area (Å²) in [5.41, 5.74) is 3.31. The highest BCUT2D eigenvalue weighted by atomic mass is 32.1. The third-order valence-electron chi connectivity index (χ3n) is 4.36. The van der Waals surface area contributed by atoms with Crippen LogP contribution in [0.3, 0.4) is 0 Å². The average Bonchev–Trinajstić information content (AvgIpc) is 3.09. The first-order valence-electron chi connectivity index (χ1n) is 8.30. The molecule has 0 unspecified atom stereocenters. The van der Waals surface area contributed by atoms with E-state index in [1.54, 1.807) is 23.0 Å². The molecule has 0 saturated heterocycles. The van der Waals surface area contributed by atoms with Gasteiger partial charge in [0.15, 0.2) is 0 Å². The van der Waals surface area contributed by atoms with Crippen LogP contribution in [0.25, 0.3) is 21.3 Å². The van der Waals surface area contributed by atoms with Crippen molar-refractivity contribution in [3.8, 4) is 11.1 Å². The van der Waals surface area contributed by atoms with E-state index >= 15 is 0 Å². The Morgan fingerprint density at radius 1 is 1.19 bits per heavy atom. The van der Waals surface area contributed by atoms with Gasteiger partial charge in [0.2, 0.25) is 0 Å². The number of nitro benzene ring substituents is 1. The van der Waals surface area contributed by atoms with Crippen molar-refractivity contribution in [1.82, 2.24) is 9.55 Å². The summed E-state index contributed by atoms with van der Waals surface area (Å²) in [6.45, 7) is 2.43. The van der Waals surface area contributed by atoms with Crippen LogP contribution in [0.2, 0.25) is 0 Å². The summed E-state index contributed by atoms with van der Waals surface area (Å²) in [6, 6.07) is 14.3. The Morgan fingerprint density at radius 3 is 2.78 bits per heavy atom. The molecule has 0 bridgehead atoms. The Hall–Kier alpha value is -3.32. The van der Waals surface area contributed by atoms with E-state index in [0.717, 1.165) is 11.1 Å². The van der Waals surface area contributed by atoms with Gasteiger partial charge in [0.05, 0.1) is 23.2 Å². The second-order valence-electron chi connectivity index (χ2n) is 6.30. The molecule has 0 aliphatic heterocycles. The zero-order valence-electron chi connectivity index (χ0n) is 14.5. The lowest BCUT2D eigenvalue weighted by atomic mass is 10.1. The highest BCUT2D eigenvalue weighted by Crippen LogP contribution is 2.32. The Labute approximate surface area is 158 Å². The van der Waals surface area contributed by atoms with E-state index in [2.05, 4.69) is 4.98 Å². The second kappa shape index (κ2) is 6.77. The molecule has 2 heterocycles. The first-order valence-corrected chi connectivity index (χ1v) is 9.18. The van der Waals surface area contributed by atoms with Crippen molar-refractivity contribution in [2.45, 2.75) is 13.5 Å². The molecule has 0 amide bonds. The average molecular weight is 377 g/mol. The van der Waals surface area contributed by atoms with Crippen LogP contribution in [0, 0.1) is 17.0 Å². The quantitative estimate of drug-likeness (QED) is 0.390. The van der Waals surface area contributed by atoms with E-state index in [9.17, 15) is 14.9 Å². The third-order valence-corrected chi connectivity index (χ3v) is 5.25. The molecule has 7 heteroatoms. The fraction of sp³-hybridized carbons (Fsp3) is 0.100. The first-order chi connectivity index (χ1) is 13.0. The molecule has 6 nitrogen and oxygen atoms in total. The molecule has 27 heavy (non-hydrogen) atoms. The lowest BCUT2D eigenvalue weighted by Gasteiger charge is -2.07. The van der Waals surface area contributed by atoms with Crippen LogP contribution in [0.5, 0.6) is 0 Å². The smallest absolute Gasteiger partial charge is 0.270 e. The van der Waals surface area contributed by atoms with Gasteiger partial charge in [0.25, 0.3) is 11.2 Å². The zero-order chi connectivity index (χ0) is 19.0. The van der Waals surface area contributed by atoms with Crippen molar-refractivity contribution >= 4 is 27.2 Å². The highest BCUT2D eigenvalue weighted by Gasteiger charge is 2.15. The van der Waals surface area contributed by atoms with Crippen LogP contribution >= 0.6 is 11.3 Å². The lowest BCUT2D eigenvalue weighted by molar-refractivity contribution is -0.384. The number of aryl methyl sites for hydroxylation is 1. The summed E-state index contributed by atoms with van der Waals surface area (Å²) in [4.78, 5) is 28.8. The van der Waals surface area contributed by atoms with E-state index < -0.39 is 4.92 Å². The van der Waals surface area contributed by atoms with E-state index in [0.29, 0.717) is 27.9 Å². The van der Waals surface area contributed by atoms with Crippen LogP contribution in [0.1, 0.15) is 11.1 Å². The number of rotatable bonds is 4. The summed E-state index contributed by atoms with van der Waals surface area (Å²) >= 11 is 1.36. The summed E-state index contributed by atoms with van der Waals surface area (Å²) in [5.74, 6) is 0. The Bertz CT molecular complexity index is 1230. The molecule has 0 spiro atoms. The number of hydrogen-bond donors (Lipinski definition) is 0. The molecule has 0 atom stereocenters. The molecule has 4 aromatic rings. The summed E-state index contributed by atoms with van der Waals surface area (Å²) in [7, 11) is 0. The molecule has 0 radical (unpaired) electrons. The molecular weight excluding hydrogens is 362 g/mol. The molecule has 134 valence electrons. The SMILES string of the molecule is Cc1cccc(Cn2cnc3scc(-c4cccc([N+](=O)[O-])c4)c3c2=O)c1. The molecule has 0 fully saturated rings. The van der Waals surface area contributed by atoms with Crippen LogP contribution in [0.4, 0.5) is 5.69 Å². The maximum atomic E-state index is 13.1. The number of thiophene rings is 1. The minimum absolute atomic E-state index is 0.00386. The number of nitro groups is 1. The molecule has 0 saturated carbocycles. The van der Waals surface area contributed by atoms with Crippen LogP contribution < -0.4 is 5.56 Å². The minimum atomic E-state index is -0.438. The molecular formula is C20H15N3O3S. The van der Waals surface area contributed by atoms with E-state index in [1.165, 1.54) is 23.5 Å². The minimum Gasteiger partial charge on any atom is -0.294 e. The van der Waals surface area contributed by atoms with Crippen molar-refractivity contribution in [3.05, 3.63) is 91.8 Å². The van der Waals surface area contributed by atoms with Gasteiger partial charge in [0.1, 0.15) is 4.83 Å². The molecule has 2 aromatic heterocycles. The van der Waals surface area contributed by atoms with Gasteiger partial charge in [-0.3, -0.25) is 19.5 Å². The van der Waals surface area contributed by atoms with Gasteiger partial charge in [-0.1, -0.05) is 42.0 Å². The van der Waals surface area contributed by atoms with Crippen LogP contribution in [0.15, 0.2) is 65.0 Å². The Morgan fingerprint density at radius 2 is 2.00 bits per heavy atom. The number of hydrogen-bond acceptors (Lipinski definition) is 5. The fourth-order valence-corrected chi connectivity index (χ4v) is 3.99. The highest BCUT2D eigenvalue weighted by molar-refractivity contribution is 7.17. The van der Waals surface area contributed by atoms with Gasteiger partial charge >= 0.3 is 0 Å². The van der Waals surface area contributed by atoms with Crippen molar-refractivity contribution in [3.63, 3.8) is 0 Å². The van der Waals surface area contributed by atoms with Crippen LogP contribution in [-0.4, -0.2) is 14.5 Å². The maximum Gasteiger partial charge on any atom is 0.270 e. The van der Waals surface area contributed by atoms with Gasteiger partial charge in [0, 0.05) is 23.1 Å². The number of nitrogens with zero attached hydrogens (tertiary/aromatic N) is 3. The molecule has 0 aliphatic carbocycles. The summed E-state index contributed by atoms with van der Waals surface area (Å²) in [5, 5.41) is 13.4. The number of fused-ring (bicyclic) bond motifs is 1. The molecule has 4 rings (SSSR count). The van der Waals surface area contributed by atoms with Crippen LogP contribution in [-0.2, 0) is 6.54 Å². The zero-order valence-corrected chi connectivity index (χ0v) is 15.3. The summed E-state index contributed by atoms with van der Waals surface area (Å²) in [6.07, 6.45) is 1.56. The van der Waals surface area contributed by atoms with Gasteiger partial charge < -0.3 is 0 Å². The van der Waals surface area contributed by atoms with Gasteiger partial charge in [-0.05, 0) is 18.1 Å². The molecule has 2 aromatic carbocycles. The topological polar surface area (TPSA) is 78.0 Å². The van der Waals surface area contributed by atoms with Gasteiger partial charge in [-0.15, -0.1) is 11.3 Å². The number of aromatic nitrogens is 2. The Balaban J connectivity index is 1.83. The predicted molar refractivity (Wildman–Crippen MR) is 106 cm³/mol. The van der Waals surface area contributed by atoms with Gasteiger partial charge in [-0.2, -0.15) is 0 Å². The first kappa shape index (κ1) is 17.1. The number of benzene rings is 2. The monoisotopic (exact) mass is 377 g/mol. The van der Waals surface area contributed by atoms with E-state index in [4.69, 9.17) is 0 Å². The second-order valence-corrected chi connectivity index (χ2v) is 7.16. The van der Waals surface area contributed by atoms with Crippen molar-refractivity contribution < 1.29 is 4.92 Å². The maximum absolute atomic E-state index is 13.1. The number of non-ortho nitro benzene ring substituents is 1. The van der Waals surface area contributed by atoms with Crippen molar-refractivity contribution in [2.75, 3.05) is 0 Å². The largest absolute Gasteiger partial charge is 0.294 e. The molecule has 0 aliphatic rings. The van der Waals surface area contributed by atoms with E-state index in [-0.39, 0.29) is 11.2 Å². The van der Waals surface area contributed by atoms with Gasteiger partial charge in [-0.25, -0.2) is 4.98 Å². The third kappa shape index (κ3) is 3.24. The standard InChI is InChI=1S/C20H15N3O3S/c1-13-4-2-5-14(8-13)10-22-12-21-19-18(20(22)24)17(11-27-19)15-6-3-7-16(9-15)23(25)26/h2-9,11-12H,10H2,1H3. The normalized spacial score (nSPS) is 11.0. The predicted octanol–water partition coefficient (Wildman–Crippen LogP) is 4.39. The lowest BCUT2D eigenvalue weighted by Crippen LogP contribution is -2.21. The van der Waals surface area contributed by atoms with Crippen molar-refractivity contribution in [2.24, 2.45) is 0 Å².